The van der Waals surface area contributed by atoms with Crippen molar-refractivity contribution in [2.75, 3.05) is 13.7 Å². The first kappa shape index (κ1) is 27.5. The minimum Gasteiger partial charge on any atom is -0.494 e. The van der Waals surface area contributed by atoms with Crippen LogP contribution in [0.4, 0.5) is 0 Å². The lowest BCUT2D eigenvalue weighted by Gasteiger charge is -2.23. The second-order valence-corrected chi connectivity index (χ2v) is 8.72. The third-order valence-electron chi connectivity index (χ3n) is 5.87. The van der Waals surface area contributed by atoms with Gasteiger partial charge in [0.15, 0.2) is 0 Å². The predicted molar refractivity (Wildman–Crippen MR) is 142 cm³/mol. The molecule has 3 aromatic carbocycles. The van der Waals surface area contributed by atoms with E-state index in [1.807, 2.05) is 60.7 Å². The van der Waals surface area contributed by atoms with Gasteiger partial charge in [0.1, 0.15) is 17.8 Å². The van der Waals surface area contributed by atoms with E-state index in [-0.39, 0.29) is 18.7 Å². The van der Waals surface area contributed by atoms with Crippen LogP contribution in [0.5, 0.6) is 5.75 Å². The Labute approximate surface area is 218 Å². The monoisotopic (exact) mass is 502 g/mol. The number of amides is 2. The highest BCUT2D eigenvalue weighted by Gasteiger charge is 2.28. The molecular formula is C30H34N2O5. The van der Waals surface area contributed by atoms with E-state index in [9.17, 15) is 14.4 Å². The maximum Gasteiger partial charge on any atom is 0.328 e. The van der Waals surface area contributed by atoms with Crippen molar-refractivity contribution in [3.8, 4) is 5.75 Å². The van der Waals surface area contributed by atoms with Gasteiger partial charge in [-0.25, -0.2) is 4.79 Å². The van der Waals surface area contributed by atoms with Gasteiger partial charge in [-0.1, -0.05) is 74.0 Å². The molecule has 0 bridgehead atoms. The summed E-state index contributed by atoms with van der Waals surface area (Å²) in [6, 6.07) is 23.7. The Morgan fingerprint density at radius 1 is 0.757 bits per heavy atom. The van der Waals surface area contributed by atoms with Crippen LogP contribution >= 0.6 is 0 Å². The summed E-state index contributed by atoms with van der Waals surface area (Å²) in [7, 11) is 1.28. The second-order valence-electron chi connectivity index (χ2n) is 8.72. The van der Waals surface area contributed by atoms with Gasteiger partial charge in [-0.2, -0.15) is 0 Å². The van der Waals surface area contributed by atoms with Crippen molar-refractivity contribution in [2.24, 2.45) is 0 Å². The van der Waals surface area contributed by atoms with Gasteiger partial charge in [0.2, 0.25) is 5.91 Å². The molecule has 0 saturated carbocycles. The van der Waals surface area contributed by atoms with E-state index in [1.165, 1.54) is 7.11 Å². The van der Waals surface area contributed by atoms with E-state index in [1.54, 1.807) is 24.3 Å². The van der Waals surface area contributed by atoms with Crippen LogP contribution in [0, 0.1) is 0 Å². The number of carbonyl (C=O) groups is 3. The fourth-order valence-corrected chi connectivity index (χ4v) is 3.79. The molecule has 2 atom stereocenters. The lowest BCUT2D eigenvalue weighted by atomic mass is 10.0. The third-order valence-corrected chi connectivity index (χ3v) is 5.87. The molecule has 194 valence electrons. The molecular weight excluding hydrogens is 468 g/mol. The zero-order chi connectivity index (χ0) is 26.5. The minimum absolute atomic E-state index is 0.234. The molecule has 0 spiro atoms. The normalized spacial score (nSPS) is 12.2. The topological polar surface area (TPSA) is 93.7 Å². The van der Waals surface area contributed by atoms with Crippen LogP contribution in [0.3, 0.4) is 0 Å². The van der Waals surface area contributed by atoms with Crippen molar-refractivity contribution in [3.05, 3.63) is 102 Å². The quantitative estimate of drug-likeness (QED) is 0.271. The standard InChI is InChI=1S/C30H34N2O5/c1-3-4-19-37-25-17-15-23(16-18-25)21-27(30(35)36-2)32-29(34)26(20-22-11-7-5-8-12-22)31-28(33)24-13-9-6-10-14-24/h5-18,26-27H,3-4,19-21H2,1-2H3,(H,31,33)(H,32,34)/t26-,27-/m0/s1. The fraction of sp³-hybridized carbons (Fsp3) is 0.300. The molecule has 0 aliphatic carbocycles. The van der Waals surface area contributed by atoms with Gasteiger partial charge < -0.3 is 20.1 Å². The van der Waals surface area contributed by atoms with Crippen molar-refractivity contribution in [1.82, 2.24) is 10.6 Å². The smallest absolute Gasteiger partial charge is 0.328 e. The zero-order valence-corrected chi connectivity index (χ0v) is 21.3. The van der Waals surface area contributed by atoms with Gasteiger partial charge in [0, 0.05) is 18.4 Å². The highest BCUT2D eigenvalue weighted by atomic mass is 16.5. The lowest BCUT2D eigenvalue weighted by molar-refractivity contribution is -0.145. The van der Waals surface area contributed by atoms with Crippen molar-refractivity contribution >= 4 is 17.8 Å². The van der Waals surface area contributed by atoms with Gasteiger partial charge in [-0.05, 0) is 41.8 Å². The van der Waals surface area contributed by atoms with Crippen LogP contribution < -0.4 is 15.4 Å². The number of ether oxygens (including phenoxy) is 2. The lowest BCUT2D eigenvalue weighted by Crippen LogP contribution is -2.53. The molecule has 0 saturated heterocycles. The number of unbranched alkanes of at least 4 members (excludes halogenated alkanes) is 1. The number of benzene rings is 3. The van der Waals surface area contributed by atoms with Crippen LogP contribution in [-0.2, 0) is 27.2 Å². The van der Waals surface area contributed by atoms with Crippen LogP contribution in [0.25, 0.3) is 0 Å². The molecule has 0 heterocycles. The minimum atomic E-state index is -0.920. The van der Waals surface area contributed by atoms with Gasteiger partial charge in [0.05, 0.1) is 13.7 Å². The SMILES string of the molecule is CCCCOc1ccc(C[C@H](NC(=O)[C@H](Cc2ccccc2)NC(=O)c2ccccc2)C(=O)OC)cc1. The van der Waals surface area contributed by atoms with E-state index in [2.05, 4.69) is 17.6 Å². The molecule has 0 aromatic heterocycles. The molecule has 3 aromatic rings. The first-order valence-corrected chi connectivity index (χ1v) is 12.5. The number of rotatable bonds is 13. The average molecular weight is 503 g/mol. The number of hydrogen-bond acceptors (Lipinski definition) is 5. The van der Waals surface area contributed by atoms with Gasteiger partial charge in [-0.15, -0.1) is 0 Å². The number of carbonyl (C=O) groups excluding carboxylic acids is 3. The summed E-state index contributed by atoms with van der Waals surface area (Å²) in [5, 5.41) is 5.61. The Bertz CT molecular complexity index is 1130. The van der Waals surface area contributed by atoms with Gasteiger partial charge in [-0.3, -0.25) is 9.59 Å². The Balaban J connectivity index is 1.73. The zero-order valence-electron chi connectivity index (χ0n) is 21.3. The first-order chi connectivity index (χ1) is 18.0. The summed E-state index contributed by atoms with van der Waals surface area (Å²) in [6.45, 7) is 2.75. The number of hydrogen-bond donors (Lipinski definition) is 2. The Hall–Kier alpha value is -4.13. The molecule has 0 aliphatic heterocycles. The highest BCUT2D eigenvalue weighted by molar-refractivity contribution is 5.98. The Morgan fingerprint density at radius 3 is 1.97 bits per heavy atom. The largest absolute Gasteiger partial charge is 0.494 e. The summed E-state index contributed by atoms with van der Waals surface area (Å²) in [5.74, 6) is -0.653. The summed E-state index contributed by atoms with van der Waals surface area (Å²) < 4.78 is 10.7. The van der Waals surface area contributed by atoms with Crippen molar-refractivity contribution in [2.45, 2.75) is 44.7 Å². The third kappa shape index (κ3) is 8.79. The average Bonchev–Trinajstić information content (AvgIpc) is 2.94. The second kappa shape index (κ2) is 14.4. The summed E-state index contributed by atoms with van der Waals surface area (Å²) in [5.41, 5.74) is 2.16. The number of esters is 1. The van der Waals surface area contributed by atoms with E-state index in [4.69, 9.17) is 9.47 Å². The number of nitrogens with one attached hydrogen (secondary N) is 2. The van der Waals surface area contributed by atoms with Crippen molar-refractivity contribution in [1.29, 1.82) is 0 Å². The van der Waals surface area contributed by atoms with E-state index >= 15 is 0 Å². The maximum atomic E-state index is 13.4. The van der Waals surface area contributed by atoms with Crippen molar-refractivity contribution in [3.63, 3.8) is 0 Å². The Kier molecular flexibility index (Phi) is 10.7. The maximum absolute atomic E-state index is 13.4. The summed E-state index contributed by atoms with van der Waals surface area (Å²) in [6.07, 6.45) is 2.53. The number of methoxy groups -OCH3 is 1. The molecule has 7 nitrogen and oxygen atoms in total. The Morgan fingerprint density at radius 2 is 1.35 bits per heavy atom. The van der Waals surface area contributed by atoms with Crippen LogP contribution in [0.1, 0.15) is 41.3 Å². The molecule has 2 N–H and O–H groups in total. The van der Waals surface area contributed by atoms with Gasteiger partial charge >= 0.3 is 5.97 Å². The van der Waals surface area contributed by atoms with Crippen LogP contribution in [0.15, 0.2) is 84.9 Å². The van der Waals surface area contributed by atoms with Crippen molar-refractivity contribution < 1.29 is 23.9 Å². The molecule has 7 heteroatoms. The van der Waals surface area contributed by atoms with Gasteiger partial charge in [0.25, 0.3) is 5.91 Å². The van der Waals surface area contributed by atoms with Crippen LogP contribution in [0.2, 0.25) is 0 Å². The molecule has 0 aliphatic rings. The summed E-state index contributed by atoms with van der Waals surface area (Å²) >= 11 is 0. The van der Waals surface area contributed by atoms with E-state index in [0.29, 0.717) is 12.2 Å². The first-order valence-electron chi connectivity index (χ1n) is 12.5. The summed E-state index contributed by atoms with van der Waals surface area (Å²) in [4.78, 5) is 38.8. The predicted octanol–water partition coefficient (Wildman–Crippen LogP) is 4.11. The molecule has 37 heavy (non-hydrogen) atoms. The molecule has 0 radical (unpaired) electrons. The molecule has 0 unspecified atom stereocenters. The van der Waals surface area contributed by atoms with Crippen LogP contribution in [-0.4, -0.2) is 43.6 Å². The van der Waals surface area contributed by atoms with E-state index < -0.39 is 24.0 Å². The molecule has 2 amide bonds. The molecule has 0 fully saturated rings. The highest BCUT2D eigenvalue weighted by Crippen LogP contribution is 2.15. The van der Waals surface area contributed by atoms with E-state index in [0.717, 1.165) is 29.7 Å². The molecule has 3 rings (SSSR count). The fourth-order valence-electron chi connectivity index (χ4n) is 3.79.